The van der Waals surface area contributed by atoms with E-state index in [9.17, 15) is 18.0 Å². The molecule has 6 heteroatoms. The van der Waals surface area contributed by atoms with Crippen LogP contribution in [0, 0.1) is 11.8 Å². The minimum absolute atomic E-state index is 0.140. The van der Waals surface area contributed by atoms with E-state index in [1.54, 1.807) is 6.07 Å². The molecule has 0 spiro atoms. The van der Waals surface area contributed by atoms with Crippen molar-refractivity contribution in [2.75, 3.05) is 13.1 Å². The highest BCUT2D eigenvalue weighted by Crippen LogP contribution is 2.33. The Balaban J connectivity index is 1.43. The number of piperidine rings is 1. The lowest BCUT2D eigenvalue weighted by Gasteiger charge is -2.32. The van der Waals surface area contributed by atoms with Gasteiger partial charge in [-0.3, -0.25) is 9.69 Å². The fraction of sp³-hybridized carbons (Fsp3) is 0.650. The first-order valence-corrected chi connectivity index (χ1v) is 9.49. The number of rotatable bonds is 6. The van der Waals surface area contributed by atoms with Crippen LogP contribution in [0.1, 0.15) is 50.2 Å². The molecule has 1 saturated heterocycles. The fourth-order valence-electron chi connectivity index (χ4n) is 3.74. The quantitative estimate of drug-likeness (QED) is 0.815. The number of hydrogen-bond donors (Lipinski definition) is 1. The van der Waals surface area contributed by atoms with Crippen molar-refractivity contribution >= 4 is 5.91 Å². The third-order valence-electron chi connectivity index (χ3n) is 5.56. The topological polar surface area (TPSA) is 32.3 Å². The van der Waals surface area contributed by atoms with Gasteiger partial charge in [0.15, 0.2) is 0 Å². The van der Waals surface area contributed by atoms with E-state index in [0.717, 1.165) is 32.0 Å². The molecule has 1 unspecified atom stereocenters. The van der Waals surface area contributed by atoms with Crippen LogP contribution in [0.4, 0.5) is 13.2 Å². The van der Waals surface area contributed by atoms with Gasteiger partial charge in [0.25, 0.3) is 0 Å². The van der Waals surface area contributed by atoms with Gasteiger partial charge in [-0.15, -0.1) is 0 Å². The summed E-state index contributed by atoms with van der Waals surface area (Å²) in [5.41, 5.74) is 0.0978. The SMILES string of the molecule is CC(NC(=O)CC1CCN(Cc2cccc(C(F)(F)F)c2)CC1)C1CC1. The van der Waals surface area contributed by atoms with E-state index >= 15 is 0 Å². The van der Waals surface area contributed by atoms with Crippen molar-refractivity contribution in [3.63, 3.8) is 0 Å². The zero-order valence-electron chi connectivity index (χ0n) is 15.2. The second kappa shape index (κ2) is 7.99. The second-order valence-corrected chi connectivity index (χ2v) is 7.82. The van der Waals surface area contributed by atoms with Gasteiger partial charge in [0.1, 0.15) is 0 Å². The number of hydrogen-bond acceptors (Lipinski definition) is 2. The third kappa shape index (κ3) is 5.47. The summed E-state index contributed by atoms with van der Waals surface area (Å²) in [6.45, 7) is 4.26. The van der Waals surface area contributed by atoms with Gasteiger partial charge in [0, 0.05) is 19.0 Å². The molecule has 26 heavy (non-hydrogen) atoms. The molecule has 3 nitrogen and oxygen atoms in total. The average molecular weight is 368 g/mol. The van der Waals surface area contributed by atoms with E-state index in [-0.39, 0.29) is 11.9 Å². The summed E-state index contributed by atoms with van der Waals surface area (Å²) in [6.07, 6.45) is 0.543. The first-order valence-electron chi connectivity index (χ1n) is 9.49. The molecule has 1 N–H and O–H groups in total. The summed E-state index contributed by atoms with van der Waals surface area (Å²) in [5, 5.41) is 3.10. The highest BCUT2D eigenvalue weighted by molar-refractivity contribution is 5.76. The Bertz CT molecular complexity index is 620. The number of alkyl halides is 3. The lowest BCUT2D eigenvalue weighted by atomic mass is 9.92. The Morgan fingerprint density at radius 3 is 2.54 bits per heavy atom. The first-order chi connectivity index (χ1) is 12.3. The van der Waals surface area contributed by atoms with Gasteiger partial charge in [-0.05, 0) is 69.2 Å². The number of benzene rings is 1. The van der Waals surface area contributed by atoms with Crippen molar-refractivity contribution in [2.24, 2.45) is 11.8 Å². The maximum atomic E-state index is 12.8. The third-order valence-corrected chi connectivity index (χ3v) is 5.56. The van der Waals surface area contributed by atoms with Crippen LogP contribution in [-0.4, -0.2) is 29.9 Å². The molecule has 144 valence electrons. The molecule has 1 atom stereocenters. The second-order valence-electron chi connectivity index (χ2n) is 7.82. The van der Waals surface area contributed by atoms with Crippen LogP contribution in [0.25, 0.3) is 0 Å². The molecule has 1 aromatic carbocycles. The van der Waals surface area contributed by atoms with Crippen LogP contribution >= 0.6 is 0 Å². The van der Waals surface area contributed by atoms with Crippen LogP contribution in [0.15, 0.2) is 24.3 Å². The molecule has 1 aliphatic carbocycles. The van der Waals surface area contributed by atoms with Crippen molar-refractivity contribution in [1.29, 1.82) is 0 Å². The van der Waals surface area contributed by atoms with Crippen molar-refractivity contribution in [3.05, 3.63) is 35.4 Å². The van der Waals surface area contributed by atoms with Crippen molar-refractivity contribution in [1.82, 2.24) is 10.2 Å². The van der Waals surface area contributed by atoms with Crippen molar-refractivity contribution in [3.8, 4) is 0 Å². The van der Waals surface area contributed by atoms with E-state index < -0.39 is 11.7 Å². The molecule has 0 aromatic heterocycles. The van der Waals surface area contributed by atoms with E-state index in [0.29, 0.717) is 30.4 Å². The maximum absolute atomic E-state index is 12.8. The van der Waals surface area contributed by atoms with Gasteiger partial charge < -0.3 is 5.32 Å². The zero-order chi connectivity index (χ0) is 18.7. The van der Waals surface area contributed by atoms with E-state index in [1.807, 2.05) is 0 Å². The number of carbonyl (C=O) groups is 1. The smallest absolute Gasteiger partial charge is 0.353 e. The summed E-state index contributed by atoms with van der Waals surface area (Å²) in [4.78, 5) is 14.3. The zero-order valence-corrected chi connectivity index (χ0v) is 15.2. The summed E-state index contributed by atoms with van der Waals surface area (Å²) >= 11 is 0. The lowest BCUT2D eigenvalue weighted by molar-refractivity contribution is -0.137. The summed E-state index contributed by atoms with van der Waals surface area (Å²) in [7, 11) is 0. The van der Waals surface area contributed by atoms with Crippen LogP contribution in [0.2, 0.25) is 0 Å². The molecule has 1 saturated carbocycles. The normalized spacial score (nSPS) is 20.8. The number of nitrogens with one attached hydrogen (secondary N) is 1. The Morgan fingerprint density at radius 2 is 1.92 bits per heavy atom. The minimum Gasteiger partial charge on any atom is -0.353 e. The molecule has 0 radical (unpaired) electrons. The van der Waals surface area contributed by atoms with Gasteiger partial charge in [0.2, 0.25) is 5.91 Å². The molecule has 2 fully saturated rings. The Kier molecular flexibility index (Phi) is 5.90. The van der Waals surface area contributed by atoms with Crippen molar-refractivity contribution < 1.29 is 18.0 Å². The van der Waals surface area contributed by atoms with Gasteiger partial charge in [-0.25, -0.2) is 0 Å². The molecule has 1 amide bonds. The molecule has 1 aromatic rings. The van der Waals surface area contributed by atoms with Crippen LogP contribution in [0.3, 0.4) is 0 Å². The summed E-state index contributed by atoms with van der Waals surface area (Å²) in [5.74, 6) is 1.17. The largest absolute Gasteiger partial charge is 0.416 e. The van der Waals surface area contributed by atoms with E-state index in [4.69, 9.17) is 0 Å². The van der Waals surface area contributed by atoms with E-state index in [2.05, 4.69) is 17.1 Å². The molecule has 2 aliphatic rings. The molecule has 0 bridgehead atoms. The van der Waals surface area contributed by atoms with E-state index in [1.165, 1.54) is 25.0 Å². The average Bonchev–Trinajstić information content (AvgIpc) is 3.41. The van der Waals surface area contributed by atoms with Gasteiger partial charge in [-0.2, -0.15) is 13.2 Å². The Labute approximate surface area is 152 Å². The number of nitrogens with zero attached hydrogens (tertiary/aromatic N) is 1. The van der Waals surface area contributed by atoms with Crippen molar-refractivity contribution in [2.45, 2.75) is 57.8 Å². The molecule has 1 aliphatic heterocycles. The minimum atomic E-state index is -4.30. The van der Waals surface area contributed by atoms with Gasteiger partial charge >= 0.3 is 6.18 Å². The maximum Gasteiger partial charge on any atom is 0.416 e. The van der Waals surface area contributed by atoms with Crippen LogP contribution < -0.4 is 5.32 Å². The highest BCUT2D eigenvalue weighted by atomic mass is 19.4. The number of halogens is 3. The molecule has 1 heterocycles. The standard InChI is InChI=1S/C20H27F3N2O/c1-14(17-5-6-17)24-19(26)12-15-7-9-25(10-8-15)13-16-3-2-4-18(11-16)20(21,22)23/h2-4,11,14-15,17H,5-10,12-13H2,1H3,(H,24,26). The lowest BCUT2D eigenvalue weighted by Crippen LogP contribution is -2.38. The fourth-order valence-corrected chi connectivity index (χ4v) is 3.74. The monoisotopic (exact) mass is 368 g/mol. The van der Waals surface area contributed by atoms with Crippen LogP contribution in [0.5, 0.6) is 0 Å². The predicted octanol–water partition coefficient (Wildman–Crippen LogP) is 4.22. The number of amides is 1. The molecule has 3 rings (SSSR count). The van der Waals surface area contributed by atoms with Crippen LogP contribution in [-0.2, 0) is 17.5 Å². The Hall–Kier alpha value is -1.56. The molecular weight excluding hydrogens is 341 g/mol. The Morgan fingerprint density at radius 1 is 1.23 bits per heavy atom. The summed E-state index contributed by atoms with van der Waals surface area (Å²) in [6, 6.07) is 5.84. The number of carbonyl (C=O) groups excluding carboxylic acids is 1. The molecular formula is C20H27F3N2O. The van der Waals surface area contributed by atoms with Gasteiger partial charge in [0.05, 0.1) is 5.56 Å². The predicted molar refractivity (Wildman–Crippen MR) is 94.4 cm³/mol. The number of likely N-dealkylation sites (tertiary alicyclic amines) is 1. The summed E-state index contributed by atoms with van der Waals surface area (Å²) < 4.78 is 38.4. The highest BCUT2D eigenvalue weighted by Gasteiger charge is 2.31. The first kappa shape index (κ1) is 19.2. The van der Waals surface area contributed by atoms with Gasteiger partial charge in [-0.1, -0.05) is 18.2 Å².